The first-order valence-electron chi connectivity index (χ1n) is 5.57. The predicted molar refractivity (Wildman–Crippen MR) is 63.6 cm³/mol. The number of piperidine rings is 1. The average molecular weight is 223 g/mol. The quantitative estimate of drug-likeness (QED) is 0.783. The average Bonchev–Trinajstić information content (AvgIpc) is 2.23. The zero-order chi connectivity index (χ0) is 10.3. The van der Waals surface area contributed by atoms with Crippen LogP contribution in [0.15, 0.2) is 24.3 Å². The van der Waals surface area contributed by atoms with Crippen molar-refractivity contribution < 1.29 is 0 Å². The minimum absolute atomic E-state index is 0.708. The van der Waals surface area contributed by atoms with Crippen LogP contribution in [0.1, 0.15) is 6.42 Å². The predicted octanol–water partition coefficient (Wildman–Crippen LogP) is 2.14. The van der Waals surface area contributed by atoms with E-state index in [9.17, 15) is 0 Å². The lowest BCUT2D eigenvalue weighted by Gasteiger charge is -2.52. The standard InChI is InChI=1S/C12H15ClN2/c13-10-1-3-11(4-2-10)15-8-9-5-6-14-7-12(9)15/h1-4,9,12,14H,5-8H2/t9-,12+/m1/s1. The number of hydrogen-bond donors (Lipinski definition) is 1. The second kappa shape index (κ2) is 3.69. The van der Waals surface area contributed by atoms with Crippen molar-refractivity contribution in [3.63, 3.8) is 0 Å². The van der Waals surface area contributed by atoms with Crippen LogP contribution in [0, 0.1) is 5.92 Å². The van der Waals surface area contributed by atoms with Gasteiger partial charge in [-0.2, -0.15) is 0 Å². The largest absolute Gasteiger partial charge is 0.367 e. The number of benzene rings is 1. The molecule has 2 heterocycles. The summed E-state index contributed by atoms with van der Waals surface area (Å²) in [6, 6.07) is 8.89. The molecule has 0 bridgehead atoms. The van der Waals surface area contributed by atoms with Gasteiger partial charge in [0.2, 0.25) is 0 Å². The normalized spacial score (nSPS) is 29.5. The van der Waals surface area contributed by atoms with Gasteiger partial charge < -0.3 is 10.2 Å². The third kappa shape index (κ3) is 1.62. The van der Waals surface area contributed by atoms with E-state index in [0.29, 0.717) is 6.04 Å². The van der Waals surface area contributed by atoms with E-state index in [4.69, 9.17) is 11.6 Å². The molecule has 2 nitrogen and oxygen atoms in total. The fraction of sp³-hybridized carbons (Fsp3) is 0.500. The van der Waals surface area contributed by atoms with Gasteiger partial charge >= 0.3 is 0 Å². The minimum atomic E-state index is 0.708. The Hall–Kier alpha value is -0.730. The first kappa shape index (κ1) is 9.49. The van der Waals surface area contributed by atoms with Crippen LogP contribution >= 0.6 is 11.6 Å². The maximum absolute atomic E-state index is 5.88. The lowest BCUT2D eigenvalue weighted by molar-refractivity contribution is 0.229. The Kier molecular flexibility index (Phi) is 2.33. The van der Waals surface area contributed by atoms with E-state index >= 15 is 0 Å². The highest BCUT2D eigenvalue weighted by Gasteiger charge is 2.39. The summed E-state index contributed by atoms with van der Waals surface area (Å²) in [6.45, 7) is 3.54. The van der Waals surface area contributed by atoms with Crippen molar-refractivity contribution in [3.05, 3.63) is 29.3 Å². The molecule has 0 unspecified atom stereocenters. The van der Waals surface area contributed by atoms with E-state index in [2.05, 4.69) is 22.3 Å². The molecule has 0 radical (unpaired) electrons. The number of halogens is 1. The molecule has 0 amide bonds. The molecule has 1 aromatic rings. The highest BCUT2D eigenvalue weighted by atomic mass is 35.5. The molecular weight excluding hydrogens is 208 g/mol. The summed E-state index contributed by atoms with van der Waals surface area (Å²) >= 11 is 5.88. The minimum Gasteiger partial charge on any atom is -0.367 e. The van der Waals surface area contributed by atoms with Crippen molar-refractivity contribution in [1.82, 2.24) is 5.32 Å². The van der Waals surface area contributed by atoms with Gasteiger partial charge in [0, 0.05) is 29.8 Å². The van der Waals surface area contributed by atoms with Gasteiger partial charge in [0.05, 0.1) is 0 Å². The van der Waals surface area contributed by atoms with Gasteiger partial charge in [0.25, 0.3) is 0 Å². The van der Waals surface area contributed by atoms with E-state index in [1.807, 2.05) is 12.1 Å². The molecule has 3 rings (SSSR count). The lowest BCUT2D eigenvalue weighted by Crippen LogP contribution is -2.63. The van der Waals surface area contributed by atoms with Gasteiger partial charge in [-0.1, -0.05) is 11.6 Å². The van der Waals surface area contributed by atoms with Crippen LogP contribution in [-0.2, 0) is 0 Å². The van der Waals surface area contributed by atoms with E-state index in [1.54, 1.807) is 0 Å². The second-order valence-corrected chi connectivity index (χ2v) is 4.89. The Morgan fingerprint density at radius 1 is 1.27 bits per heavy atom. The molecule has 2 fully saturated rings. The number of nitrogens with one attached hydrogen (secondary N) is 1. The van der Waals surface area contributed by atoms with Crippen molar-refractivity contribution in [2.24, 2.45) is 5.92 Å². The molecule has 1 aromatic carbocycles. The first-order chi connectivity index (χ1) is 7.34. The van der Waals surface area contributed by atoms with Crippen LogP contribution in [0.4, 0.5) is 5.69 Å². The summed E-state index contributed by atoms with van der Waals surface area (Å²) in [5.41, 5.74) is 1.31. The zero-order valence-electron chi connectivity index (χ0n) is 8.62. The topological polar surface area (TPSA) is 15.3 Å². The van der Waals surface area contributed by atoms with E-state index < -0.39 is 0 Å². The Morgan fingerprint density at radius 3 is 2.80 bits per heavy atom. The molecule has 2 aliphatic heterocycles. The molecule has 0 aromatic heterocycles. The highest BCUT2D eigenvalue weighted by molar-refractivity contribution is 6.30. The summed E-state index contributed by atoms with van der Waals surface area (Å²) in [5, 5.41) is 4.28. The Morgan fingerprint density at radius 2 is 2.07 bits per heavy atom. The van der Waals surface area contributed by atoms with Crippen molar-refractivity contribution >= 4 is 17.3 Å². The van der Waals surface area contributed by atoms with Crippen LogP contribution in [0.25, 0.3) is 0 Å². The Labute approximate surface area is 95.2 Å². The van der Waals surface area contributed by atoms with Crippen LogP contribution in [0.2, 0.25) is 5.02 Å². The second-order valence-electron chi connectivity index (χ2n) is 4.45. The van der Waals surface area contributed by atoms with Gasteiger partial charge in [0.1, 0.15) is 0 Å². The highest BCUT2D eigenvalue weighted by Crippen LogP contribution is 2.34. The van der Waals surface area contributed by atoms with Gasteiger partial charge in [-0.05, 0) is 43.1 Å². The molecule has 0 saturated carbocycles. The number of fused-ring (bicyclic) bond motifs is 1. The number of nitrogens with zero attached hydrogens (tertiary/aromatic N) is 1. The third-order valence-electron chi connectivity index (χ3n) is 3.58. The summed E-state index contributed by atoms with van der Waals surface area (Å²) in [7, 11) is 0. The smallest absolute Gasteiger partial charge is 0.0460 e. The molecule has 15 heavy (non-hydrogen) atoms. The van der Waals surface area contributed by atoms with Crippen LogP contribution in [0.3, 0.4) is 0 Å². The summed E-state index contributed by atoms with van der Waals surface area (Å²) in [4.78, 5) is 2.48. The van der Waals surface area contributed by atoms with Crippen LogP contribution in [-0.4, -0.2) is 25.7 Å². The Bertz CT molecular complexity index is 349. The number of hydrogen-bond acceptors (Lipinski definition) is 2. The zero-order valence-corrected chi connectivity index (χ0v) is 9.37. The van der Waals surface area contributed by atoms with Crippen LogP contribution < -0.4 is 10.2 Å². The maximum Gasteiger partial charge on any atom is 0.0460 e. The number of anilines is 1. The molecule has 0 spiro atoms. The molecule has 2 atom stereocenters. The number of rotatable bonds is 1. The van der Waals surface area contributed by atoms with Crippen LogP contribution in [0.5, 0.6) is 0 Å². The molecule has 0 aliphatic carbocycles. The summed E-state index contributed by atoms with van der Waals surface area (Å²) in [5.74, 6) is 0.905. The first-order valence-corrected chi connectivity index (χ1v) is 5.95. The third-order valence-corrected chi connectivity index (χ3v) is 3.83. The monoisotopic (exact) mass is 222 g/mol. The van der Waals surface area contributed by atoms with Crippen molar-refractivity contribution in [2.45, 2.75) is 12.5 Å². The fourth-order valence-corrected chi connectivity index (χ4v) is 2.78. The maximum atomic E-state index is 5.88. The molecular formula is C12H15ClN2. The molecule has 2 aliphatic rings. The van der Waals surface area contributed by atoms with Gasteiger partial charge in [-0.15, -0.1) is 0 Å². The lowest BCUT2D eigenvalue weighted by atomic mass is 9.83. The van der Waals surface area contributed by atoms with Crippen molar-refractivity contribution in [3.8, 4) is 0 Å². The fourth-order valence-electron chi connectivity index (χ4n) is 2.65. The van der Waals surface area contributed by atoms with Gasteiger partial charge in [-0.25, -0.2) is 0 Å². The van der Waals surface area contributed by atoms with Crippen molar-refractivity contribution in [2.75, 3.05) is 24.5 Å². The van der Waals surface area contributed by atoms with Gasteiger partial charge in [-0.3, -0.25) is 0 Å². The van der Waals surface area contributed by atoms with E-state index in [-0.39, 0.29) is 0 Å². The Balaban J connectivity index is 1.76. The molecule has 3 heteroatoms. The van der Waals surface area contributed by atoms with Gasteiger partial charge in [0.15, 0.2) is 0 Å². The molecule has 80 valence electrons. The van der Waals surface area contributed by atoms with Crippen molar-refractivity contribution in [1.29, 1.82) is 0 Å². The van der Waals surface area contributed by atoms with E-state index in [0.717, 1.165) is 17.5 Å². The molecule has 1 N–H and O–H groups in total. The molecule has 2 saturated heterocycles. The summed E-state index contributed by atoms with van der Waals surface area (Å²) < 4.78 is 0. The summed E-state index contributed by atoms with van der Waals surface area (Å²) in [6.07, 6.45) is 1.33. The van der Waals surface area contributed by atoms with E-state index in [1.165, 1.54) is 25.2 Å². The SMILES string of the molecule is Clc1ccc(N2C[C@H]3CCNC[C@@H]32)cc1.